The molecule has 7 heteroatoms. The van der Waals surface area contributed by atoms with Crippen molar-refractivity contribution in [3.8, 4) is 11.3 Å². The number of nitrogens with zero attached hydrogens (tertiary/aromatic N) is 2. The highest BCUT2D eigenvalue weighted by molar-refractivity contribution is 5.94. The zero-order valence-corrected chi connectivity index (χ0v) is 16.4. The number of rotatable bonds is 4. The van der Waals surface area contributed by atoms with Gasteiger partial charge in [0.1, 0.15) is 11.9 Å². The lowest BCUT2D eigenvalue weighted by molar-refractivity contribution is -0.142. The Kier molecular flexibility index (Phi) is 5.49. The molecule has 29 heavy (non-hydrogen) atoms. The Morgan fingerprint density at radius 3 is 2.24 bits per heavy atom. The van der Waals surface area contributed by atoms with Gasteiger partial charge in [-0.15, -0.1) is 0 Å². The number of benzene rings is 1. The average Bonchev–Trinajstić information content (AvgIpc) is 3.45. The van der Waals surface area contributed by atoms with Gasteiger partial charge >= 0.3 is 0 Å². The Balaban J connectivity index is 1.37. The molecule has 2 amide bonds. The molecule has 1 aromatic heterocycles. The van der Waals surface area contributed by atoms with Crippen LogP contribution in [0.2, 0.25) is 0 Å². The summed E-state index contributed by atoms with van der Waals surface area (Å²) in [5.41, 5.74) is 1.44. The summed E-state index contributed by atoms with van der Waals surface area (Å²) in [5.74, 6) is 0.707. The lowest BCUT2D eigenvalue weighted by atomic mass is 10.1. The fraction of sp³-hybridized carbons (Fsp3) is 0.409. The largest absolute Gasteiger partial charge is 0.451 e. The lowest BCUT2D eigenvalue weighted by Gasteiger charge is -2.35. The van der Waals surface area contributed by atoms with E-state index in [0.29, 0.717) is 44.1 Å². The van der Waals surface area contributed by atoms with Crippen molar-refractivity contribution < 1.29 is 23.5 Å². The third kappa shape index (κ3) is 4.10. The van der Waals surface area contributed by atoms with E-state index in [1.165, 1.54) is 6.92 Å². The SMILES string of the molecule is CC(=O)c1ccc(-c2ccc(C(=O)N3CCN(C(=O)[C@@H]4CCCO4)CC3)o2)cc1. The van der Waals surface area contributed by atoms with Gasteiger partial charge in [0, 0.05) is 43.9 Å². The van der Waals surface area contributed by atoms with Crippen LogP contribution in [0.25, 0.3) is 11.3 Å². The molecule has 4 rings (SSSR count). The number of carbonyl (C=O) groups is 3. The van der Waals surface area contributed by atoms with E-state index in [2.05, 4.69) is 0 Å². The maximum absolute atomic E-state index is 12.8. The first-order chi connectivity index (χ1) is 14.0. The van der Waals surface area contributed by atoms with E-state index in [-0.39, 0.29) is 29.5 Å². The first-order valence-electron chi connectivity index (χ1n) is 9.94. The molecule has 1 aromatic carbocycles. The molecule has 2 aliphatic rings. The molecule has 0 unspecified atom stereocenters. The molecule has 7 nitrogen and oxygen atoms in total. The molecule has 1 atom stereocenters. The molecule has 0 spiro atoms. The molecule has 0 saturated carbocycles. The van der Waals surface area contributed by atoms with E-state index in [4.69, 9.17) is 9.15 Å². The first-order valence-corrected chi connectivity index (χ1v) is 9.94. The van der Waals surface area contributed by atoms with Gasteiger partial charge in [-0.3, -0.25) is 14.4 Å². The minimum absolute atomic E-state index is 0.00368. The molecule has 2 fully saturated rings. The standard InChI is InChI=1S/C22H24N2O5/c1-15(25)16-4-6-17(7-5-16)18-8-9-20(29-18)22(27)24-12-10-23(11-13-24)21(26)19-3-2-14-28-19/h4-9,19H,2-3,10-14H2,1H3/t19-/m0/s1. The molecule has 0 N–H and O–H groups in total. The number of amides is 2. The van der Waals surface area contributed by atoms with Crippen LogP contribution in [0.3, 0.4) is 0 Å². The number of ketones is 1. The van der Waals surface area contributed by atoms with Crippen LogP contribution >= 0.6 is 0 Å². The molecule has 3 heterocycles. The summed E-state index contributed by atoms with van der Waals surface area (Å²) >= 11 is 0. The predicted octanol–water partition coefficient (Wildman–Crippen LogP) is 2.61. The van der Waals surface area contributed by atoms with E-state index in [1.54, 1.807) is 46.2 Å². The van der Waals surface area contributed by atoms with Crippen LogP contribution < -0.4 is 0 Å². The highest BCUT2D eigenvalue weighted by Crippen LogP contribution is 2.24. The molecule has 0 radical (unpaired) electrons. The third-order valence-electron chi connectivity index (χ3n) is 5.48. The van der Waals surface area contributed by atoms with E-state index in [9.17, 15) is 14.4 Å². The second-order valence-corrected chi connectivity index (χ2v) is 7.42. The topological polar surface area (TPSA) is 80.1 Å². The molecule has 0 aliphatic carbocycles. The van der Waals surface area contributed by atoms with Crippen LogP contribution in [0.15, 0.2) is 40.8 Å². The summed E-state index contributed by atoms with van der Waals surface area (Å²) in [6, 6.07) is 10.5. The summed E-state index contributed by atoms with van der Waals surface area (Å²) in [6.07, 6.45) is 1.38. The molecule has 2 aromatic rings. The minimum Gasteiger partial charge on any atom is -0.451 e. The van der Waals surface area contributed by atoms with Gasteiger partial charge in [-0.05, 0) is 31.9 Å². The minimum atomic E-state index is -0.320. The summed E-state index contributed by atoms with van der Waals surface area (Å²) in [5, 5.41) is 0. The van der Waals surface area contributed by atoms with E-state index in [1.807, 2.05) is 0 Å². The van der Waals surface area contributed by atoms with Crippen LogP contribution in [-0.2, 0) is 9.53 Å². The van der Waals surface area contributed by atoms with E-state index >= 15 is 0 Å². The lowest BCUT2D eigenvalue weighted by Crippen LogP contribution is -2.52. The monoisotopic (exact) mass is 396 g/mol. The Hall–Kier alpha value is -2.93. The fourth-order valence-corrected chi connectivity index (χ4v) is 3.74. The zero-order chi connectivity index (χ0) is 20.4. The first kappa shape index (κ1) is 19.4. The average molecular weight is 396 g/mol. The van der Waals surface area contributed by atoms with Crippen molar-refractivity contribution in [2.24, 2.45) is 0 Å². The molecule has 0 bridgehead atoms. The van der Waals surface area contributed by atoms with Gasteiger partial charge in [0.25, 0.3) is 11.8 Å². The Bertz CT molecular complexity index is 904. The highest BCUT2D eigenvalue weighted by Gasteiger charge is 2.32. The number of carbonyl (C=O) groups excluding carboxylic acids is 3. The van der Waals surface area contributed by atoms with Gasteiger partial charge in [-0.1, -0.05) is 24.3 Å². The molecule has 2 aliphatic heterocycles. The van der Waals surface area contributed by atoms with E-state index in [0.717, 1.165) is 18.4 Å². The van der Waals surface area contributed by atoms with Crippen LogP contribution in [-0.4, -0.2) is 66.3 Å². The number of hydrogen-bond acceptors (Lipinski definition) is 5. The van der Waals surface area contributed by atoms with Crippen molar-refractivity contribution in [2.45, 2.75) is 25.9 Å². The molecular formula is C22H24N2O5. The number of piperazine rings is 1. The smallest absolute Gasteiger partial charge is 0.289 e. The van der Waals surface area contributed by atoms with Crippen molar-refractivity contribution in [1.29, 1.82) is 0 Å². The van der Waals surface area contributed by atoms with Crippen molar-refractivity contribution in [3.05, 3.63) is 47.7 Å². The molecule has 152 valence electrons. The van der Waals surface area contributed by atoms with Gasteiger partial charge in [0.15, 0.2) is 11.5 Å². The van der Waals surface area contributed by atoms with Crippen LogP contribution in [0.4, 0.5) is 0 Å². The Morgan fingerprint density at radius 1 is 0.931 bits per heavy atom. The second kappa shape index (κ2) is 8.21. The Labute approximate surface area is 169 Å². The summed E-state index contributed by atoms with van der Waals surface area (Å²) in [6.45, 7) is 4.12. The fourth-order valence-electron chi connectivity index (χ4n) is 3.74. The van der Waals surface area contributed by atoms with E-state index < -0.39 is 0 Å². The van der Waals surface area contributed by atoms with Crippen LogP contribution in [0.5, 0.6) is 0 Å². The third-order valence-corrected chi connectivity index (χ3v) is 5.48. The number of ether oxygens (including phenoxy) is 1. The maximum Gasteiger partial charge on any atom is 0.289 e. The van der Waals surface area contributed by atoms with Crippen molar-refractivity contribution in [2.75, 3.05) is 32.8 Å². The summed E-state index contributed by atoms with van der Waals surface area (Å²) < 4.78 is 11.2. The van der Waals surface area contributed by atoms with Gasteiger partial charge < -0.3 is 19.0 Å². The van der Waals surface area contributed by atoms with Crippen LogP contribution in [0, 0.1) is 0 Å². The predicted molar refractivity (Wildman–Crippen MR) is 106 cm³/mol. The molecule has 2 saturated heterocycles. The number of hydrogen-bond donors (Lipinski definition) is 0. The quantitative estimate of drug-likeness (QED) is 0.742. The summed E-state index contributed by atoms with van der Waals surface area (Å²) in [7, 11) is 0. The van der Waals surface area contributed by atoms with Crippen molar-refractivity contribution in [3.63, 3.8) is 0 Å². The maximum atomic E-state index is 12.8. The number of furan rings is 1. The molecular weight excluding hydrogens is 372 g/mol. The van der Waals surface area contributed by atoms with Gasteiger partial charge in [0.2, 0.25) is 0 Å². The van der Waals surface area contributed by atoms with Gasteiger partial charge in [0.05, 0.1) is 0 Å². The van der Waals surface area contributed by atoms with Crippen molar-refractivity contribution >= 4 is 17.6 Å². The zero-order valence-electron chi connectivity index (χ0n) is 16.4. The second-order valence-electron chi connectivity index (χ2n) is 7.42. The highest BCUT2D eigenvalue weighted by atomic mass is 16.5. The normalized spacial score (nSPS) is 19.4. The Morgan fingerprint density at radius 2 is 1.62 bits per heavy atom. The van der Waals surface area contributed by atoms with Gasteiger partial charge in [-0.2, -0.15) is 0 Å². The van der Waals surface area contributed by atoms with Gasteiger partial charge in [-0.25, -0.2) is 0 Å². The number of Topliss-reactive ketones (excluding diaryl/α,β-unsaturated/α-hetero) is 1. The van der Waals surface area contributed by atoms with Crippen molar-refractivity contribution in [1.82, 2.24) is 9.80 Å². The van der Waals surface area contributed by atoms with Crippen LogP contribution in [0.1, 0.15) is 40.7 Å². The summed E-state index contributed by atoms with van der Waals surface area (Å²) in [4.78, 5) is 40.1.